The van der Waals surface area contributed by atoms with Crippen molar-refractivity contribution in [2.24, 2.45) is 0 Å². The molecule has 0 saturated carbocycles. The molecule has 0 aliphatic carbocycles. The summed E-state index contributed by atoms with van der Waals surface area (Å²) < 4.78 is 32.2. The zero-order valence-corrected chi connectivity index (χ0v) is 19.8. The molecule has 3 rings (SSSR count). The maximum absolute atomic E-state index is 13.6. The number of non-ortho nitro benzene ring substituents is 1. The highest BCUT2D eigenvalue weighted by Crippen LogP contribution is 2.42. The number of anilines is 1. The van der Waals surface area contributed by atoms with Gasteiger partial charge in [-0.15, -0.1) is 0 Å². The Hall–Kier alpha value is -3.92. The highest BCUT2D eigenvalue weighted by molar-refractivity contribution is 7.91. The maximum atomic E-state index is 13.6. The summed E-state index contributed by atoms with van der Waals surface area (Å²) in [5, 5.41) is 24.4. The predicted octanol–water partition coefficient (Wildman–Crippen LogP) is 4.83. The molecule has 0 saturated heterocycles. The second-order valence-electron chi connectivity index (χ2n) is 7.92. The molecule has 3 aromatic carbocycles. The third-order valence-electron chi connectivity index (χ3n) is 5.29. The third kappa shape index (κ3) is 4.72. The quantitative estimate of drug-likeness (QED) is 0.279. The van der Waals surface area contributed by atoms with Crippen LogP contribution < -0.4 is 10.1 Å². The molecule has 0 heterocycles. The van der Waals surface area contributed by atoms with E-state index in [9.17, 15) is 28.4 Å². The van der Waals surface area contributed by atoms with Crippen molar-refractivity contribution in [3.05, 3.63) is 81.4 Å². The number of aromatic hydroxyl groups is 1. The molecule has 0 atom stereocenters. The van der Waals surface area contributed by atoms with Gasteiger partial charge in [-0.05, 0) is 60.9 Å². The van der Waals surface area contributed by atoms with E-state index in [0.29, 0.717) is 5.75 Å². The number of amides is 1. The van der Waals surface area contributed by atoms with Gasteiger partial charge in [0.15, 0.2) is 0 Å². The SMILES string of the molecule is COc1ccc(S(=O)(=O)c2c(O)c(C)cc(NC(=O)c3ccc([N+](=O)[O-])cc3)c2C(C)C)cc1. The van der Waals surface area contributed by atoms with Crippen LogP contribution in [0.1, 0.15) is 41.3 Å². The zero-order chi connectivity index (χ0) is 25.2. The van der Waals surface area contributed by atoms with Gasteiger partial charge in [-0.2, -0.15) is 0 Å². The molecule has 178 valence electrons. The molecule has 0 unspecified atom stereocenters. The molecule has 0 aromatic heterocycles. The molecular weight excluding hydrogens is 460 g/mol. The van der Waals surface area contributed by atoms with Gasteiger partial charge in [-0.3, -0.25) is 14.9 Å². The Labute approximate surface area is 197 Å². The van der Waals surface area contributed by atoms with E-state index in [4.69, 9.17) is 4.74 Å². The highest BCUT2D eigenvalue weighted by atomic mass is 32.2. The van der Waals surface area contributed by atoms with Crippen LogP contribution in [0.3, 0.4) is 0 Å². The van der Waals surface area contributed by atoms with Crippen LogP contribution in [-0.2, 0) is 9.84 Å². The number of benzene rings is 3. The van der Waals surface area contributed by atoms with Crippen LogP contribution in [0.2, 0.25) is 0 Å². The first-order valence-electron chi connectivity index (χ1n) is 10.3. The molecule has 0 spiro atoms. The number of nitrogens with zero attached hydrogens (tertiary/aromatic N) is 1. The Bertz CT molecular complexity index is 1350. The van der Waals surface area contributed by atoms with E-state index >= 15 is 0 Å². The number of nitro benzene ring substituents is 1. The summed E-state index contributed by atoms with van der Waals surface area (Å²) in [5.41, 5.74) is 0.726. The van der Waals surface area contributed by atoms with E-state index in [0.717, 1.165) is 0 Å². The molecule has 0 aliphatic heterocycles. The number of hydrogen-bond donors (Lipinski definition) is 2. The standard InChI is InChI=1S/C24H24N2O7S/c1-14(2)21-20(25-24(28)16-5-7-17(8-6-16)26(29)30)13-15(3)22(27)23(21)34(31,32)19-11-9-18(33-4)10-12-19/h5-14,27H,1-4H3,(H,25,28). The second-order valence-corrected chi connectivity index (χ2v) is 9.81. The van der Waals surface area contributed by atoms with Gasteiger partial charge in [0.1, 0.15) is 16.4 Å². The van der Waals surface area contributed by atoms with Crippen molar-refractivity contribution in [2.75, 3.05) is 12.4 Å². The van der Waals surface area contributed by atoms with Crippen LogP contribution in [0.15, 0.2) is 64.4 Å². The van der Waals surface area contributed by atoms with Crippen LogP contribution in [0.5, 0.6) is 11.5 Å². The van der Waals surface area contributed by atoms with Gasteiger partial charge >= 0.3 is 0 Å². The van der Waals surface area contributed by atoms with Crippen molar-refractivity contribution in [1.82, 2.24) is 0 Å². The molecular formula is C24H24N2O7S. The number of sulfone groups is 1. The van der Waals surface area contributed by atoms with Gasteiger partial charge < -0.3 is 15.2 Å². The summed E-state index contributed by atoms with van der Waals surface area (Å²) in [6, 6.07) is 12.3. The lowest BCUT2D eigenvalue weighted by atomic mass is 9.98. The van der Waals surface area contributed by atoms with E-state index in [2.05, 4.69) is 5.32 Å². The number of hydrogen-bond acceptors (Lipinski definition) is 7. The summed E-state index contributed by atoms with van der Waals surface area (Å²) in [4.78, 5) is 22.8. The normalized spacial score (nSPS) is 11.3. The van der Waals surface area contributed by atoms with Crippen LogP contribution in [0, 0.1) is 17.0 Å². The maximum Gasteiger partial charge on any atom is 0.269 e. The largest absolute Gasteiger partial charge is 0.506 e. The van der Waals surface area contributed by atoms with Gasteiger partial charge in [0.2, 0.25) is 9.84 Å². The summed E-state index contributed by atoms with van der Waals surface area (Å²) >= 11 is 0. The molecule has 0 fully saturated rings. The van der Waals surface area contributed by atoms with E-state index in [-0.39, 0.29) is 43.8 Å². The zero-order valence-electron chi connectivity index (χ0n) is 19.0. The number of nitrogens with one attached hydrogen (secondary N) is 1. The van der Waals surface area contributed by atoms with Crippen molar-refractivity contribution < 1.29 is 28.0 Å². The fourth-order valence-electron chi connectivity index (χ4n) is 3.54. The number of nitro groups is 1. The molecule has 9 nitrogen and oxygen atoms in total. The number of phenols is 1. The molecule has 0 radical (unpaired) electrons. The lowest BCUT2D eigenvalue weighted by Gasteiger charge is -2.21. The molecule has 0 bridgehead atoms. The average Bonchev–Trinajstić information content (AvgIpc) is 2.80. The number of ether oxygens (including phenoxy) is 1. The minimum atomic E-state index is -4.16. The van der Waals surface area contributed by atoms with E-state index in [1.807, 2.05) is 0 Å². The summed E-state index contributed by atoms with van der Waals surface area (Å²) in [7, 11) is -2.70. The van der Waals surface area contributed by atoms with Crippen LogP contribution in [0.25, 0.3) is 0 Å². The number of phenolic OH excluding ortho intramolecular Hbond substituents is 1. The number of carbonyl (C=O) groups excluding carboxylic acids is 1. The van der Waals surface area contributed by atoms with Crippen molar-refractivity contribution in [1.29, 1.82) is 0 Å². The van der Waals surface area contributed by atoms with Crippen LogP contribution in [-0.4, -0.2) is 31.5 Å². The summed E-state index contributed by atoms with van der Waals surface area (Å²) in [5.74, 6) is -0.878. The van der Waals surface area contributed by atoms with E-state index < -0.39 is 26.4 Å². The van der Waals surface area contributed by atoms with Crippen LogP contribution >= 0.6 is 0 Å². The fourth-order valence-corrected chi connectivity index (χ4v) is 5.32. The molecule has 2 N–H and O–H groups in total. The number of methoxy groups -OCH3 is 1. The Morgan fingerprint density at radius 2 is 1.68 bits per heavy atom. The predicted molar refractivity (Wildman–Crippen MR) is 126 cm³/mol. The Kier molecular flexibility index (Phi) is 6.92. The first-order chi connectivity index (χ1) is 16.0. The Morgan fingerprint density at radius 3 is 2.18 bits per heavy atom. The Balaban J connectivity index is 2.12. The van der Waals surface area contributed by atoms with Gasteiger partial charge in [0.25, 0.3) is 11.6 Å². The third-order valence-corrected chi connectivity index (χ3v) is 7.13. The molecule has 10 heteroatoms. The van der Waals surface area contributed by atoms with Crippen LogP contribution in [0.4, 0.5) is 11.4 Å². The van der Waals surface area contributed by atoms with Gasteiger partial charge in [-0.1, -0.05) is 13.8 Å². The smallest absolute Gasteiger partial charge is 0.269 e. The lowest BCUT2D eigenvalue weighted by molar-refractivity contribution is -0.384. The topological polar surface area (TPSA) is 136 Å². The second kappa shape index (κ2) is 9.52. The minimum absolute atomic E-state index is 0.0382. The summed E-state index contributed by atoms with van der Waals surface area (Å²) in [6.07, 6.45) is 0. The first kappa shape index (κ1) is 24.7. The highest BCUT2D eigenvalue weighted by Gasteiger charge is 2.30. The Morgan fingerprint density at radius 1 is 1.09 bits per heavy atom. The molecule has 1 amide bonds. The van der Waals surface area contributed by atoms with Crippen molar-refractivity contribution >= 4 is 27.1 Å². The molecule has 0 aliphatic rings. The number of rotatable bonds is 7. The van der Waals surface area contributed by atoms with Gasteiger partial charge in [-0.25, -0.2) is 8.42 Å². The monoisotopic (exact) mass is 484 g/mol. The first-order valence-corrected chi connectivity index (χ1v) is 11.8. The number of carbonyl (C=O) groups is 1. The van der Waals surface area contributed by atoms with Crippen molar-refractivity contribution in [2.45, 2.75) is 36.5 Å². The molecule has 34 heavy (non-hydrogen) atoms. The summed E-state index contributed by atoms with van der Waals surface area (Å²) in [6.45, 7) is 5.03. The van der Waals surface area contributed by atoms with Gasteiger partial charge in [0.05, 0.1) is 16.9 Å². The molecule has 3 aromatic rings. The fraction of sp³-hybridized carbons (Fsp3) is 0.208. The van der Waals surface area contributed by atoms with E-state index in [1.165, 1.54) is 68.6 Å². The minimum Gasteiger partial charge on any atom is -0.506 e. The van der Waals surface area contributed by atoms with E-state index in [1.54, 1.807) is 13.8 Å². The average molecular weight is 485 g/mol. The van der Waals surface area contributed by atoms with Gasteiger partial charge in [0, 0.05) is 28.9 Å². The number of aryl methyl sites for hydroxylation is 1. The lowest BCUT2D eigenvalue weighted by Crippen LogP contribution is -2.17. The van der Waals surface area contributed by atoms with Crippen molar-refractivity contribution in [3.63, 3.8) is 0 Å². The van der Waals surface area contributed by atoms with Crippen molar-refractivity contribution in [3.8, 4) is 11.5 Å².